The van der Waals surface area contributed by atoms with Gasteiger partial charge < -0.3 is 15.1 Å². The van der Waals surface area contributed by atoms with E-state index in [-0.39, 0.29) is 25.2 Å². The van der Waals surface area contributed by atoms with Crippen molar-refractivity contribution in [2.45, 2.75) is 12.5 Å². The van der Waals surface area contributed by atoms with Gasteiger partial charge in [-0.1, -0.05) is 0 Å². The summed E-state index contributed by atoms with van der Waals surface area (Å²) in [5, 5.41) is 17.7. The second-order valence-corrected chi connectivity index (χ2v) is 3.55. The molecule has 0 spiro atoms. The second-order valence-electron chi connectivity index (χ2n) is 3.55. The molecule has 1 rings (SSSR count). The van der Waals surface area contributed by atoms with Crippen LogP contribution < -0.4 is 0 Å². The number of amides is 1. The molecule has 1 heterocycles. The van der Waals surface area contributed by atoms with Gasteiger partial charge in [-0.2, -0.15) is 0 Å². The fraction of sp³-hybridized carbons (Fsp3) is 0.889. The van der Waals surface area contributed by atoms with Crippen molar-refractivity contribution in [2.24, 2.45) is 0 Å². The van der Waals surface area contributed by atoms with Gasteiger partial charge in [0.1, 0.15) is 0 Å². The molecule has 0 bridgehead atoms. The smallest absolute Gasteiger partial charge is 0.239 e. The van der Waals surface area contributed by atoms with Gasteiger partial charge in [-0.3, -0.25) is 9.69 Å². The SMILES string of the molecule is CN1CCC(N(CCO)CCO)C1=O. The summed E-state index contributed by atoms with van der Waals surface area (Å²) in [7, 11) is 1.78. The fourth-order valence-electron chi connectivity index (χ4n) is 1.82. The van der Waals surface area contributed by atoms with Crippen LogP contribution in [0.4, 0.5) is 0 Å². The van der Waals surface area contributed by atoms with Crippen molar-refractivity contribution in [2.75, 3.05) is 39.9 Å². The lowest BCUT2D eigenvalue weighted by molar-refractivity contribution is -0.131. The summed E-state index contributed by atoms with van der Waals surface area (Å²) in [6.07, 6.45) is 0.787. The van der Waals surface area contributed by atoms with Gasteiger partial charge in [-0.05, 0) is 6.42 Å². The van der Waals surface area contributed by atoms with Gasteiger partial charge in [0.15, 0.2) is 0 Å². The van der Waals surface area contributed by atoms with Crippen LogP contribution in [0.1, 0.15) is 6.42 Å². The predicted molar refractivity (Wildman–Crippen MR) is 51.8 cm³/mol. The van der Waals surface area contributed by atoms with E-state index < -0.39 is 0 Å². The number of carbonyl (C=O) groups excluding carboxylic acids is 1. The molecular weight excluding hydrogens is 184 g/mol. The second kappa shape index (κ2) is 5.29. The molecule has 1 saturated heterocycles. The molecule has 5 heteroatoms. The number of rotatable bonds is 5. The molecule has 82 valence electrons. The molecule has 1 atom stereocenters. The average molecular weight is 202 g/mol. The number of carbonyl (C=O) groups is 1. The summed E-state index contributed by atoms with van der Waals surface area (Å²) in [5.41, 5.74) is 0. The summed E-state index contributed by atoms with van der Waals surface area (Å²) < 4.78 is 0. The van der Waals surface area contributed by atoms with Crippen molar-refractivity contribution in [3.8, 4) is 0 Å². The Morgan fingerprint density at radius 3 is 2.36 bits per heavy atom. The van der Waals surface area contributed by atoms with Crippen LogP contribution >= 0.6 is 0 Å². The maximum absolute atomic E-state index is 11.6. The Bertz CT molecular complexity index is 192. The number of likely N-dealkylation sites (N-methyl/N-ethyl adjacent to an activating group) is 1. The molecule has 0 aromatic carbocycles. The number of aliphatic hydroxyl groups excluding tert-OH is 2. The van der Waals surface area contributed by atoms with E-state index in [0.29, 0.717) is 13.1 Å². The molecule has 1 unspecified atom stereocenters. The van der Waals surface area contributed by atoms with E-state index in [4.69, 9.17) is 10.2 Å². The van der Waals surface area contributed by atoms with E-state index in [9.17, 15) is 4.79 Å². The number of likely N-dealkylation sites (tertiary alicyclic amines) is 1. The molecule has 1 aliphatic heterocycles. The molecule has 1 amide bonds. The minimum Gasteiger partial charge on any atom is -0.395 e. The van der Waals surface area contributed by atoms with Crippen LogP contribution in [0.3, 0.4) is 0 Å². The van der Waals surface area contributed by atoms with Gasteiger partial charge in [0.05, 0.1) is 19.3 Å². The standard InChI is InChI=1S/C9H18N2O3/c1-10-3-2-8(9(10)14)11(4-6-12)5-7-13/h8,12-13H,2-7H2,1H3. The van der Waals surface area contributed by atoms with Crippen LogP contribution in [0.15, 0.2) is 0 Å². The third-order valence-corrected chi connectivity index (χ3v) is 2.61. The molecule has 0 radical (unpaired) electrons. The highest BCUT2D eigenvalue weighted by Gasteiger charge is 2.33. The molecule has 0 saturated carbocycles. The Balaban J connectivity index is 2.54. The fourth-order valence-corrected chi connectivity index (χ4v) is 1.82. The highest BCUT2D eigenvalue weighted by Crippen LogP contribution is 2.14. The van der Waals surface area contributed by atoms with Crippen molar-refractivity contribution in [1.82, 2.24) is 9.80 Å². The van der Waals surface area contributed by atoms with Crippen LogP contribution in [0.25, 0.3) is 0 Å². The van der Waals surface area contributed by atoms with Crippen molar-refractivity contribution in [3.63, 3.8) is 0 Å². The minimum atomic E-state index is -0.153. The van der Waals surface area contributed by atoms with E-state index in [1.807, 2.05) is 4.90 Å². The number of hydrogen-bond acceptors (Lipinski definition) is 4. The lowest BCUT2D eigenvalue weighted by Gasteiger charge is -2.25. The van der Waals surface area contributed by atoms with Crippen LogP contribution in [0.2, 0.25) is 0 Å². The highest BCUT2D eigenvalue weighted by atomic mass is 16.3. The minimum absolute atomic E-state index is 0.0213. The van der Waals surface area contributed by atoms with Gasteiger partial charge in [0.2, 0.25) is 5.91 Å². The van der Waals surface area contributed by atoms with Crippen LogP contribution in [-0.4, -0.2) is 71.9 Å². The first-order chi connectivity index (χ1) is 6.70. The highest BCUT2D eigenvalue weighted by molar-refractivity contribution is 5.83. The van der Waals surface area contributed by atoms with E-state index in [2.05, 4.69) is 0 Å². The largest absolute Gasteiger partial charge is 0.395 e. The van der Waals surface area contributed by atoms with E-state index in [1.165, 1.54) is 0 Å². The van der Waals surface area contributed by atoms with Gasteiger partial charge in [-0.15, -0.1) is 0 Å². The van der Waals surface area contributed by atoms with Crippen molar-refractivity contribution in [3.05, 3.63) is 0 Å². The summed E-state index contributed by atoms with van der Waals surface area (Å²) in [6, 6.07) is -0.153. The molecule has 1 fully saturated rings. The van der Waals surface area contributed by atoms with Crippen molar-refractivity contribution >= 4 is 5.91 Å². The first-order valence-corrected chi connectivity index (χ1v) is 4.91. The van der Waals surface area contributed by atoms with E-state index >= 15 is 0 Å². The first-order valence-electron chi connectivity index (χ1n) is 4.91. The maximum Gasteiger partial charge on any atom is 0.239 e. The molecule has 14 heavy (non-hydrogen) atoms. The Morgan fingerprint density at radius 1 is 1.43 bits per heavy atom. The molecular formula is C9H18N2O3. The van der Waals surface area contributed by atoms with E-state index in [0.717, 1.165) is 13.0 Å². The molecule has 2 N–H and O–H groups in total. The summed E-state index contributed by atoms with van der Waals surface area (Å²) in [4.78, 5) is 15.1. The Hall–Kier alpha value is -0.650. The predicted octanol–water partition coefficient (Wildman–Crippen LogP) is -1.50. The molecule has 0 aromatic heterocycles. The Morgan fingerprint density at radius 2 is 2.00 bits per heavy atom. The van der Waals surface area contributed by atoms with Crippen LogP contribution in [0, 0.1) is 0 Å². The zero-order valence-electron chi connectivity index (χ0n) is 8.52. The number of hydrogen-bond donors (Lipinski definition) is 2. The monoisotopic (exact) mass is 202 g/mol. The maximum atomic E-state index is 11.6. The lowest BCUT2D eigenvalue weighted by Crippen LogP contribution is -2.43. The summed E-state index contributed by atoms with van der Waals surface area (Å²) in [5.74, 6) is 0.0897. The number of nitrogens with zero attached hydrogens (tertiary/aromatic N) is 2. The lowest BCUT2D eigenvalue weighted by atomic mass is 10.2. The van der Waals surface area contributed by atoms with Crippen LogP contribution in [-0.2, 0) is 4.79 Å². The van der Waals surface area contributed by atoms with Crippen molar-refractivity contribution in [1.29, 1.82) is 0 Å². The molecule has 0 aromatic rings. The zero-order chi connectivity index (χ0) is 10.6. The normalized spacial score (nSPS) is 22.4. The third-order valence-electron chi connectivity index (χ3n) is 2.61. The number of aliphatic hydroxyl groups is 2. The first kappa shape index (κ1) is 11.4. The molecule has 1 aliphatic rings. The summed E-state index contributed by atoms with van der Waals surface area (Å²) >= 11 is 0. The Labute approximate surface area is 83.9 Å². The van der Waals surface area contributed by atoms with Gasteiger partial charge in [0, 0.05) is 26.7 Å². The summed E-state index contributed by atoms with van der Waals surface area (Å²) in [6.45, 7) is 1.70. The molecule has 5 nitrogen and oxygen atoms in total. The van der Waals surface area contributed by atoms with Crippen LogP contribution in [0.5, 0.6) is 0 Å². The van der Waals surface area contributed by atoms with Gasteiger partial charge in [0.25, 0.3) is 0 Å². The van der Waals surface area contributed by atoms with Crippen molar-refractivity contribution < 1.29 is 15.0 Å². The molecule has 0 aliphatic carbocycles. The topological polar surface area (TPSA) is 64.0 Å². The van der Waals surface area contributed by atoms with Gasteiger partial charge in [-0.25, -0.2) is 0 Å². The third kappa shape index (κ3) is 2.43. The average Bonchev–Trinajstić information content (AvgIpc) is 2.48. The van der Waals surface area contributed by atoms with E-state index in [1.54, 1.807) is 11.9 Å². The van der Waals surface area contributed by atoms with Gasteiger partial charge >= 0.3 is 0 Å². The zero-order valence-corrected chi connectivity index (χ0v) is 8.52. The Kier molecular flexibility index (Phi) is 4.31. The quantitative estimate of drug-likeness (QED) is 0.570.